The van der Waals surface area contributed by atoms with Gasteiger partial charge in [-0.15, -0.1) is 0 Å². The Kier molecular flexibility index (Phi) is 7.20. The molecule has 1 N–H and O–H groups in total. The number of carbonyl (C=O) groups is 5. The molecule has 184 valence electrons. The topological polar surface area (TPSA) is 132 Å². The van der Waals surface area contributed by atoms with Crippen LogP contribution in [0, 0.1) is 0 Å². The minimum atomic E-state index is -1.17. The predicted molar refractivity (Wildman–Crippen MR) is 118 cm³/mol. The number of benzene rings is 2. The van der Waals surface area contributed by atoms with Crippen LogP contribution in [0.5, 0.6) is 0 Å². The van der Waals surface area contributed by atoms with E-state index in [1.807, 2.05) is 0 Å². The maximum absolute atomic E-state index is 12.8. The van der Waals surface area contributed by atoms with Crippen LogP contribution in [0.3, 0.4) is 0 Å². The molecule has 0 saturated carbocycles. The van der Waals surface area contributed by atoms with E-state index in [4.69, 9.17) is 9.47 Å². The monoisotopic (exact) mass is 487 g/mol. The molecule has 2 aromatic rings. The number of nitrogens with one attached hydrogen (secondary N) is 1. The second-order valence-corrected chi connectivity index (χ2v) is 7.65. The van der Waals surface area contributed by atoms with Gasteiger partial charge in [-0.2, -0.15) is 0 Å². The second kappa shape index (κ2) is 10.5. The Bertz CT molecular complexity index is 1160. The molecule has 1 fully saturated rings. The fraction of sp³-hybridized carbons (Fsp3) is 0.348. The van der Waals surface area contributed by atoms with Gasteiger partial charge in [-0.25, -0.2) is 9.18 Å². The molecule has 0 radical (unpaired) electrons. The van der Waals surface area contributed by atoms with E-state index in [0.717, 1.165) is 4.90 Å². The third kappa shape index (κ3) is 4.92. The Morgan fingerprint density at radius 3 is 2.37 bits per heavy atom. The fourth-order valence-electron chi connectivity index (χ4n) is 3.89. The smallest absolute Gasteiger partial charge is 0.430 e. The van der Waals surface area contributed by atoms with Crippen molar-refractivity contribution in [2.24, 2.45) is 0 Å². The summed E-state index contributed by atoms with van der Waals surface area (Å²) in [6.45, 7) is -0.582. The van der Waals surface area contributed by atoms with E-state index in [1.54, 1.807) is 30.3 Å². The average molecular weight is 487 g/mol. The first-order chi connectivity index (χ1) is 16.9. The zero-order valence-corrected chi connectivity index (χ0v) is 18.6. The highest BCUT2D eigenvalue weighted by Crippen LogP contribution is 2.34. The third-order valence-corrected chi connectivity index (χ3v) is 5.48. The molecular formula is C23H22FN3O8. The van der Waals surface area contributed by atoms with Crippen molar-refractivity contribution in [2.45, 2.75) is 12.8 Å². The maximum Gasteiger partial charge on any atom is 0.534 e. The Morgan fingerprint density at radius 1 is 0.943 bits per heavy atom. The van der Waals surface area contributed by atoms with E-state index in [0.29, 0.717) is 39.2 Å². The molecule has 0 bridgehead atoms. The summed E-state index contributed by atoms with van der Waals surface area (Å²) >= 11 is 0. The zero-order valence-electron chi connectivity index (χ0n) is 18.6. The Hall–Kier alpha value is -4.06. The number of hydrogen-bond donors (Lipinski definition) is 1. The van der Waals surface area contributed by atoms with Gasteiger partial charge in [-0.05, 0) is 18.2 Å². The zero-order chi connectivity index (χ0) is 24.9. The molecule has 4 rings (SSSR count). The van der Waals surface area contributed by atoms with Gasteiger partial charge >= 0.3 is 6.16 Å². The molecule has 4 amide bonds. The molecular weight excluding hydrogens is 465 g/mol. The number of halogens is 1. The summed E-state index contributed by atoms with van der Waals surface area (Å²) in [6, 6.07) is 8.41. The van der Waals surface area contributed by atoms with Crippen molar-refractivity contribution in [2.75, 3.05) is 44.9 Å². The van der Waals surface area contributed by atoms with Gasteiger partial charge in [-0.3, -0.25) is 28.9 Å². The molecule has 12 heteroatoms. The molecule has 2 aromatic carbocycles. The van der Waals surface area contributed by atoms with Crippen molar-refractivity contribution >= 4 is 46.2 Å². The van der Waals surface area contributed by atoms with Crippen LogP contribution in [0.4, 0.5) is 14.9 Å². The lowest BCUT2D eigenvalue weighted by Gasteiger charge is -2.27. The SMILES string of the molecule is O=C(OCCOCCNc1ccc2c3c(cccc13)C(=O)N(CCF)C2=O)ON1C(=O)CCC1=O. The highest BCUT2D eigenvalue weighted by molar-refractivity contribution is 6.26. The van der Waals surface area contributed by atoms with Crippen molar-refractivity contribution < 1.29 is 42.7 Å². The number of rotatable bonds is 10. The van der Waals surface area contributed by atoms with Gasteiger partial charge in [0.2, 0.25) is 0 Å². The lowest BCUT2D eigenvalue weighted by atomic mass is 9.93. The number of hydrogen-bond acceptors (Lipinski definition) is 9. The Balaban J connectivity index is 1.26. The molecule has 2 aliphatic rings. The summed E-state index contributed by atoms with van der Waals surface area (Å²) in [7, 11) is 0. The molecule has 35 heavy (non-hydrogen) atoms. The minimum absolute atomic E-state index is 0.00818. The van der Waals surface area contributed by atoms with E-state index >= 15 is 0 Å². The number of alkyl halides is 1. The van der Waals surface area contributed by atoms with Gasteiger partial charge < -0.3 is 14.8 Å². The number of carbonyl (C=O) groups excluding carboxylic acids is 5. The summed E-state index contributed by atoms with van der Waals surface area (Å²) in [5, 5.41) is 4.77. The van der Waals surface area contributed by atoms with E-state index in [1.165, 1.54) is 0 Å². The first-order valence-electron chi connectivity index (χ1n) is 10.9. The number of ether oxygens (including phenoxy) is 2. The van der Waals surface area contributed by atoms with Crippen LogP contribution in [0.2, 0.25) is 0 Å². The van der Waals surface area contributed by atoms with Gasteiger partial charge in [-0.1, -0.05) is 17.2 Å². The number of imide groups is 2. The number of anilines is 1. The molecule has 1 saturated heterocycles. The van der Waals surface area contributed by atoms with Crippen LogP contribution in [0.1, 0.15) is 33.6 Å². The quantitative estimate of drug-likeness (QED) is 0.304. The van der Waals surface area contributed by atoms with Crippen LogP contribution < -0.4 is 5.32 Å². The van der Waals surface area contributed by atoms with Crippen molar-refractivity contribution in [1.82, 2.24) is 9.96 Å². The number of nitrogens with zero attached hydrogens (tertiary/aromatic N) is 2. The summed E-state index contributed by atoms with van der Waals surface area (Å²) < 4.78 is 23.0. The minimum Gasteiger partial charge on any atom is -0.430 e. The summed E-state index contributed by atoms with van der Waals surface area (Å²) in [5.74, 6) is -2.25. The van der Waals surface area contributed by atoms with Crippen LogP contribution >= 0.6 is 0 Å². The first kappa shape index (κ1) is 24.1. The second-order valence-electron chi connectivity index (χ2n) is 7.65. The van der Waals surface area contributed by atoms with E-state index in [-0.39, 0.29) is 39.2 Å². The molecule has 0 spiro atoms. The molecule has 2 heterocycles. The highest BCUT2D eigenvalue weighted by atomic mass is 19.1. The molecule has 0 atom stereocenters. The molecule has 0 aromatic heterocycles. The van der Waals surface area contributed by atoms with Crippen molar-refractivity contribution in [3.05, 3.63) is 41.5 Å². The summed E-state index contributed by atoms with van der Waals surface area (Å²) in [5.41, 5.74) is 1.37. The van der Waals surface area contributed by atoms with Gasteiger partial charge in [0, 0.05) is 47.0 Å². The van der Waals surface area contributed by atoms with E-state index < -0.39 is 36.5 Å². The Morgan fingerprint density at radius 2 is 1.66 bits per heavy atom. The predicted octanol–water partition coefficient (Wildman–Crippen LogP) is 2.05. The van der Waals surface area contributed by atoms with Gasteiger partial charge in [0.25, 0.3) is 23.6 Å². The third-order valence-electron chi connectivity index (χ3n) is 5.48. The van der Waals surface area contributed by atoms with Crippen LogP contribution in [0.15, 0.2) is 30.3 Å². The molecule has 0 aliphatic carbocycles. The normalized spacial score (nSPS) is 15.2. The average Bonchev–Trinajstić information content (AvgIpc) is 3.16. The Labute approximate surface area is 198 Å². The fourth-order valence-corrected chi connectivity index (χ4v) is 3.89. The van der Waals surface area contributed by atoms with Crippen molar-refractivity contribution in [3.8, 4) is 0 Å². The van der Waals surface area contributed by atoms with Crippen LogP contribution in [-0.2, 0) is 23.9 Å². The van der Waals surface area contributed by atoms with Crippen LogP contribution in [-0.4, -0.2) is 79.3 Å². The molecule has 11 nitrogen and oxygen atoms in total. The van der Waals surface area contributed by atoms with E-state index in [9.17, 15) is 28.4 Å². The van der Waals surface area contributed by atoms with Crippen molar-refractivity contribution in [1.29, 1.82) is 0 Å². The highest BCUT2D eigenvalue weighted by Gasteiger charge is 2.34. The van der Waals surface area contributed by atoms with Gasteiger partial charge in [0.05, 0.1) is 19.8 Å². The summed E-state index contributed by atoms with van der Waals surface area (Å²) in [4.78, 5) is 65.1. The largest absolute Gasteiger partial charge is 0.534 e. The maximum atomic E-state index is 12.8. The van der Waals surface area contributed by atoms with Crippen molar-refractivity contribution in [3.63, 3.8) is 0 Å². The standard InChI is InChI=1S/C23H22FN3O8/c24-8-10-26-21(30)15-3-1-2-14-17(5-4-16(20(14)15)22(26)31)25-9-11-33-12-13-34-23(32)35-27-18(28)6-7-19(27)29/h1-5,25H,6-13H2. The molecule has 0 unspecified atom stereocenters. The first-order valence-corrected chi connectivity index (χ1v) is 10.9. The summed E-state index contributed by atoms with van der Waals surface area (Å²) in [6.07, 6.45) is -1.19. The van der Waals surface area contributed by atoms with Gasteiger partial charge in [0.1, 0.15) is 13.3 Å². The number of amides is 4. The lowest BCUT2D eigenvalue weighted by molar-refractivity contribution is -0.177. The van der Waals surface area contributed by atoms with E-state index in [2.05, 4.69) is 10.2 Å². The number of hydroxylamine groups is 2. The van der Waals surface area contributed by atoms with Gasteiger partial charge in [0.15, 0.2) is 0 Å². The lowest BCUT2D eigenvalue weighted by Crippen LogP contribution is -2.41. The van der Waals surface area contributed by atoms with Crippen LogP contribution in [0.25, 0.3) is 10.8 Å². The molecule has 2 aliphatic heterocycles.